The van der Waals surface area contributed by atoms with Gasteiger partial charge in [0.05, 0.1) is 23.6 Å². The third-order valence-corrected chi connectivity index (χ3v) is 3.22. The van der Waals surface area contributed by atoms with Crippen molar-refractivity contribution in [1.29, 1.82) is 0 Å². The SMILES string of the molecule is NNc1cc([N+](=O)[O-])cc(N2CCn3ccnc3C2)n1. The van der Waals surface area contributed by atoms with E-state index in [9.17, 15) is 10.1 Å². The first-order valence-electron chi connectivity index (χ1n) is 6.05. The van der Waals surface area contributed by atoms with Gasteiger partial charge in [0.2, 0.25) is 0 Å². The van der Waals surface area contributed by atoms with Gasteiger partial charge in [-0.05, 0) is 0 Å². The second-order valence-electron chi connectivity index (χ2n) is 4.43. The van der Waals surface area contributed by atoms with E-state index in [4.69, 9.17) is 5.84 Å². The van der Waals surface area contributed by atoms with Crippen LogP contribution in [0.4, 0.5) is 17.3 Å². The van der Waals surface area contributed by atoms with Gasteiger partial charge in [-0.2, -0.15) is 0 Å². The Morgan fingerprint density at radius 3 is 3.00 bits per heavy atom. The molecule has 0 amide bonds. The van der Waals surface area contributed by atoms with Crippen molar-refractivity contribution in [3.63, 3.8) is 0 Å². The van der Waals surface area contributed by atoms with Crippen LogP contribution in [0.3, 0.4) is 0 Å². The fourth-order valence-corrected chi connectivity index (χ4v) is 2.21. The number of nitrogens with two attached hydrogens (primary N) is 1. The third kappa shape index (κ3) is 2.14. The molecule has 0 aliphatic carbocycles. The summed E-state index contributed by atoms with van der Waals surface area (Å²) in [6, 6.07) is 2.74. The molecule has 0 saturated heterocycles. The van der Waals surface area contributed by atoms with Crippen molar-refractivity contribution in [3.05, 3.63) is 40.5 Å². The number of nitro groups is 1. The maximum atomic E-state index is 10.9. The molecule has 0 saturated carbocycles. The van der Waals surface area contributed by atoms with Crippen LogP contribution in [0.2, 0.25) is 0 Å². The lowest BCUT2D eigenvalue weighted by atomic mass is 10.3. The smallest absolute Gasteiger partial charge is 0.276 e. The molecular weight excluding hydrogens is 262 g/mol. The predicted octanol–water partition coefficient (Wildman–Crippen LogP) is 0.492. The van der Waals surface area contributed by atoms with Gasteiger partial charge in [-0.1, -0.05) is 0 Å². The van der Waals surface area contributed by atoms with E-state index in [2.05, 4.69) is 20.0 Å². The first-order chi connectivity index (χ1) is 9.67. The van der Waals surface area contributed by atoms with Gasteiger partial charge in [0.25, 0.3) is 5.69 Å². The van der Waals surface area contributed by atoms with Crippen molar-refractivity contribution in [2.24, 2.45) is 5.84 Å². The Hall–Kier alpha value is -2.68. The number of rotatable bonds is 3. The Morgan fingerprint density at radius 2 is 2.25 bits per heavy atom. The van der Waals surface area contributed by atoms with E-state index >= 15 is 0 Å². The zero-order valence-electron chi connectivity index (χ0n) is 10.6. The summed E-state index contributed by atoms with van der Waals surface area (Å²) in [4.78, 5) is 20.9. The van der Waals surface area contributed by atoms with E-state index in [0.717, 1.165) is 12.4 Å². The lowest BCUT2D eigenvalue weighted by molar-refractivity contribution is -0.384. The number of nitrogen functional groups attached to an aromatic ring is 1. The van der Waals surface area contributed by atoms with Gasteiger partial charge in [0.1, 0.15) is 17.5 Å². The molecule has 3 rings (SSSR count). The van der Waals surface area contributed by atoms with Gasteiger partial charge in [0.15, 0.2) is 0 Å². The molecular formula is C11H13N7O2. The van der Waals surface area contributed by atoms with Gasteiger partial charge in [0, 0.05) is 25.5 Å². The van der Waals surface area contributed by atoms with Gasteiger partial charge in [-0.25, -0.2) is 15.8 Å². The van der Waals surface area contributed by atoms with Crippen LogP contribution in [0.5, 0.6) is 0 Å². The molecule has 0 aromatic carbocycles. The number of hydrogen-bond donors (Lipinski definition) is 2. The number of pyridine rings is 1. The van der Waals surface area contributed by atoms with Crippen LogP contribution >= 0.6 is 0 Å². The van der Waals surface area contributed by atoms with E-state index < -0.39 is 4.92 Å². The molecule has 9 heteroatoms. The molecule has 3 N–H and O–H groups in total. The molecule has 9 nitrogen and oxygen atoms in total. The van der Waals surface area contributed by atoms with Crippen LogP contribution in [0.15, 0.2) is 24.5 Å². The highest BCUT2D eigenvalue weighted by Crippen LogP contribution is 2.25. The summed E-state index contributed by atoms with van der Waals surface area (Å²) in [5.41, 5.74) is 2.31. The molecule has 2 aromatic rings. The van der Waals surface area contributed by atoms with Crippen molar-refractivity contribution in [1.82, 2.24) is 14.5 Å². The minimum atomic E-state index is -0.461. The lowest BCUT2D eigenvalue weighted by Gasteiger charge is -2.28. The highest BCUT2D eigenvalue weighted by Gasteiger charge is 2.20. The van der Waals surface area contributed by atoms with Crippen LogP contribution in [0, 0.1) is 10.1 Å². The first-order valence-corrected chi connectivity index (χ1v) is 6.05. The number of aromatic nitrogens is 3. The fraction of sp³-hybridized carbons (Fsp3) is 0.273. The molecule has 3 heterocycles. The Kier molecular flexibility index (Phi) is 2.95. The van der Waals surface area contributed by atoms with Crippen molar-refractivity contribution in [2.75, 3.05) is 16.9 Å². The Balaban J connectivity index is 1.94. The number of nitrogens with one attached hydrogen (secondary N) is 1. The van der Waals surface area contributed by atoms with E-state index in [1.54, 1.807) is 6.20 Å². The molecule has 2 aromatic heterocycles. The summed E-state index contributed by atoms with van der Waals surface area (Å²) >= 11 is 0. The van der Waals surface area contributed by atoms with E-state index in [-0.39, 0.29) is 11.5 Å². The minimum Gasteiger partial charge on any atom is -0.347 e. The van der Waals surface area contributed by atoms with Crippen molar-refractivity contribution in [2.45, 2.75) is 13.1 Å². The topological polar surface area (TPSA) is 115 Å². The average molecular weight is 275 g/mol. The van der Waals surface area contributed by atoms with Gasteiger partial charge in [-0.3, -0.25) is 10.1 Å². The van der Waals surface area contributed by atoms with E-state index in [1.165, 1.54) is 12.1 Å². The molecule has 0 radical (unpaired) electrons. The first kappa shape index (κ1) is 12.4. The Bertz CT molecular complexity index is 654. The maximum absolute atomic E-state index is 10.9. The van der Waals surface area contributed by atoms with Crippen LogP contribution in [0.25, 0.3) is 0 Å². The Labute approximate surface area is 114 Å². The summed E-state index contributed by atoms with van der Waals surface area (Å²) in [5, 5.41) is 10.9. The van der Waals surface area contributed by atoms with Crippen molar-refractivity contribution in [3.8, 4) is 0 Å². The Morgan fingerprint density at radius 1 is 1.40 bits per heavy atom. The number of fused-ring (bicyclic) bond motifs is 1. The van der Waals surface area contributed by atoms with Crippen LogP contribution in [-0.2, 0) is 13.1 Å². The van der Waals surface area contributed by atoms with Crippen molar-refractivity contribution >= 4 is 17.3 Å². The fourth-order valence-electron chi connectivity index (χ4n) is 2.21. The monoisotopic (exact) mass is 275 g/mol. The number of hydrazine groups is 1. The van der Waals surface area contributed by atoms with Crippen LogP contribution in [0.1, 0.15) is 5.82 Å². The normalized spacial score (nSPS) is 13.9. The quantitative estimate of drug-likeness (QED) is 0.476. The molecule has 1 aliphatic heterocycles. The average Bonchev–Trinajstić information content (AvgIpc) is 2.94. The number of imidazole rings is 1. The maximum Gasteiger partial charge on any atom is 0.276 e. The van der Waals surface area contributed by atoms with Crippen LogP contribution < -0.4 is 16.2 Å². The number of nitrogens with zero attached hydrogens (tertiary/aromatic N) is 5. The minimum absolute atomic E-state index is 0.0446. The van der Waals surface area contributed by atoms with Crippen molar-refractivity contribution < 1.29 is 4.92 Å². The third-order valence-electron chi connectivity index (χ3n) is 3.22. The second-order valence-corrected chi connectivity index (χ2v) is 4.43. The molecule has 0 unspecified atom stereocenters. The number of hydrogen-bond acceptors (Lipinski definition) is 7. The molecule has 0 fully saturated rings. The predicted molar refractivity (Wildman–Crippen MR) is 72.0 cm³/mol. The highest BCUT2D eigenvalue weighted by molar-refractivity contribution is 5.55. The zero-order chi connectivity index (χ0) is 14.1. The van der Waals surface area contributed by atoms with E-state index in [1.807, 2.05) is 11.1 Å². The number of anilines is 2. The largest absolute Gasteiger partial charge is 0.347 e. The molecule has 104 valence electrons. The molecule has 0 bridgehead atoms. The van der Waals surface area contributed by atoms with Crippen LogP contribution in [-0.4, -0.2) is 26.0 Å². The lowest BCUT2D eigenvalue weighted by Crippen LogP contribution is -2.34. The summed E-state index contributed by atoms with van der Waals surface area (Å²) in [7, 11) is 0. The molecule has 0 atom stereocenters. The summed E-state index contributed by atoms with van der Waals surface area (Å²) < 4.78 is 2.05. The molecule has 0 spiro atoms. The summed E-state index contributed by atoms with van der Waals surface area (Å²) in [6.45, 7) is 2.04. The molecule has 1 aliphatic rings. The molecule has 20 heavy (non-hydrogen) atoms. The zero-order valence-corrected chi connectivity index (χ0v) is 10.6. The van der Waals surface area contributed by atoms with Gasteiger partial charge in [-0.15, -0.1) is 0 Å². The summed E-state index contributed by atoms with van der Waals surface area (Å²) in [5.74, 6) is 7.00. The van der Waals surface area contributed by atoms with Gasteiger partial charge >= 0.3 is 0 Å². The highest BCUT2D eigenvalue weighted by atomic mass is 16.6. The van der Waals surface area contributed by atoms with E-state index in [0.29, 0.717) is 18.9 Å². The second kappa shape index (κ2) is 4.78. The summed E-state index contributed by atoms with van der Waals surface area (Å²) in [6.07, 6.45) is 3.66. The van der Waals surface area contributed by atoms with Gasteiger partial charge < -0.3 is 14.9 Å². The standard InChI is InChI=1S/C11H13N7O2/c12-15-9-5-8(18(19)20)6-10(14-9)17-4-3-16-2-1-13-11(16)7-17/h1-2,5-6H,3-4,7,12H2,(H,14,15).